The van der Waals surface area contributed by atoms with Gasteiger partial charge in [-0.15, -0.1) is 0 Å². The van der Waals surface area contributed by atoms with Gasteiger partial charge in [0.25, 0.3) is 0 Å². The number of furan rings is 1. The largest absolute Gasteiger partial charge is 0.444 e. The molecule has 2 nitrogen and oxygen atoms in total. The molecule has 98 valence electrons. The topological polar surface area (TPSA) is 25.2 Å². The summed E-state index contributed by atoms with van der Waals surface area (Å²) in [5.74, 6) is 0. The van der Waals surface area contributed by atoms with Crippen LogP contribution < -0.4 is 5.32 Å². The first-order valence-corrected chi connectivity index (χ1v) is 6.72. The molecular formula is C15H20ClNO. The summed E-state index contributed by atoms with van der Waals surface area (Å²) in [5.41, 5.74) is 2.27. The van der Waals surface area contributed by atoms with Gasteiger partial charge in [-0.1, -0.05) is 39.0 Å². The zero-order valence-corrected chi connectivity index (χ0v) is 12.0. The summed E-state index contributed by atoms with van der Waals surface area (Å²) in [5, 5.41) is 5.03. The third-order valence-electron chi connectivity index (χ3n) is 3.00. The normalized spacial score (nSPS) is 12.2. The minimum Gasteiger partial charge on any atom is -0.444 e. The molecule has 0 aliphatic carbocycles. The lowest BCUT2D eigenvalue weighted by atomic mass is 9.92. The minimum atomic E-state index is 0.356. The Kier molecular flexibility index (Phi) is 3.98. The summed E-state index contributed by atoms with van der Waals surface area (Å²) in [6.45, 7) is 8.48. The van der Waals surface area contributed by atoms with Gasteiger partial charge in [0, 0.05) is 17.5 Å². The van der Waals surface area contributed by atoms with E-state index >= 15 is 0 Å². The smallest absolute Gasteiger partial charge is 0.199 e. The molecule has 0 aliphatic rings. The molecule has 1 aromatic carbocycles. The van der Waals surface area contributed by atoms with Crippen molar-refractivity contribution >= 4 is 22.6 Å². The maximum absolute atomic E-state index is 6.13. The monoisotopic (exact) mass is 265 g/mol. The molecule has 0 saturated carbocycles. The fourth-order valence-corrected chi connectivity index (χ4v) is 2.16. The standard InChI is InChI=1S/C15H20ClNO/c1-15(2,3)8-9-17-10-12-11-6-4-5-7-13(11)18-14(12)16/h4-7,17H,8-10H2,1-3H3. The van der Waals surface area contributed by atoms with Crippen LogP contribution in [0.4, 0.5) is 0 Å². The van der Waals surface area contributed by atoms with E-state index in [4.69, 9.17) is 16.0 Å². The Hall–Kier alpha value is -0.990. The number of hydrogen-bond donors (Lipinski definition) is 1. The van der Waals surface area contributed by atoms with E-state index in [9.17, 15) is 0 Å². The molecule has 0 spiro atoms. The molecule has 1 N–H and O–H groups in total. The molecule has 0 saturated heterocycles. The molecule has 1 heterocycles. The molecule has 1 aromatic heterocycles. The molecule has 0 fully saturated rings. The van der Waals surface area contributed by atoms with Crippen LogP contribution in [0.3, 0.4) is 0 Å². The Bertz CT molecular complexity index is 525. The van der Waals surface area contributed by atoms with Crippen molar-refractivity contribution in [2.24, 2.45) is 5.41 Å². The highest BCUT2D eigenvalue weighted by Crippen LogP contribution is 2.29. The molecule has 0 atom stereocenters. The Morgan fingerprint density at radius 1 is 1.22 bits per heavy atom. The maximum Gasteiger partial charge on any atom is 0.199 e. The summed E-state index contributed by atoms with van der Waals surface area (Å²) >= 11 is 6.13. The highest BCUT2D eigenvalue weighted by molar-refractivity contribution is 6.30. The average molecular weight is 266 g/mol. The Labute approximate surface area is 113 Å². The van der Waals surface area contributed by atoms with Crippen molar-refractivity contribution < 1.29 is 4.42 Å². The fraction of sp³-hybridized carbons (Fsp3) is 0.467. The van der Waals surface area contributed by atoms with Gasteiger partial charge in [-0.25, -0.2) is 0 Å². The van der Waals surface area contributed by atoms with Crippen molar-refractivity contribution in [3.8, 4) is 0 Å². The van der Waals surface area contributed by atoms with Crippen molar-refractivity contribution in [1.82, 2.24) is 5.32 Å². The lowest BCUT2D eigenvalue weighted by Gasteiger charge is -2.17. The lowest BCUT2D eigenvalue weighted by Crippen LogP contribution is -2.20. The fourth-order valence-electron chi connectivity index (χ4n) is 1.91. The molecule has 2 aromatic rings. The van der Waals surface area contributed by atoms with E-state index in [-0.39, 0.29) is 0 Å². The lowest BCUT2D eigenvalue weighted by molar-refractivity contribution is 0.366. The van der Waals surface area contributed by atoms with Crippen molar-refractivity contribution in [2.45, 2.75) is 33.7 Å². The number of rotatable bonds is 4. The quantitative estimate of drug-likeness (QED) is 0.817. The summed E-state index contributed by atoms with van der Waals surface area (Å²) in [4.78, 5) is 0. The summed E-state index contributed by atoms with van der Waals surface area (Å²) in [6.07, 6.45) is 1.14. The van der Waals surface area contributed by atoms with Crippen LogP contribution in [0.15, 0.2) is 28.7 Å². The Morgan fingerprint density at radius 3 is 2.67 bits per heavy atom. The van der Waals surface area contributed by atoms with Crippen LogP contribution in [0.1, 0.15) is 32.8 Å². The second-order valence-corrected chi connectivity index (χ2v) is 6.18. The molecule has 0 amide bonds. The molecule has 0 unspecified atom stereocenters. The number of para-hydroxylation sites is 1. The summed E-state index contributed by atoms with van der Waals surface area (Å²) < 4.78 is 5.52. The third kappa shape index (κ3) is 3.27. The number of hydrogen-bond acceptors (Lipinski definition) is 2. The van der Waals surface area contributed by atoms with Crippen LogP contribution in [0.5, 0.6) is 0 Å². The molecule has 3 heteroatoms. The van der Waals surface area contributed by atoms with Crippen LogP contribution in [0.2, 0.25) is 5.22 Å². The number of benzene rings is 1. The van der Waals surface area contributed by atoms with E-state index in [1.165, 1.54) is 0 Å². The first kappa shape index (κ1) is 13.4. The van der Waals surface area contributed by atoms with Crippen molar-refractivity contribution in [1.29, 1.82) is 0 Å². The molecule has 18 heavy (non-hydrogen) atoms. The van der Waals surface area contributed by atoms with Crippen molar-refractivity contribution in [3.63, 3.8) is 0 Å². The van der Waals surface area contributed by atoms with E-state index in [1.54, 1.807) is 0 Å². The van der Waals surface area contributed by atoms with Gasteiger partial charge in [-0.3, -0.25) is 0 Å². The van der Waals surface area contributed by atoms with E-state index in [1.807, 2.05) is 24.3 Å². The first-order chi connectivity index (χ1) is 8.47. The average Bonchev–Trinajstić information content (AvgIpc) is 2.59. The number of nitrogens with one attached hydrogen (secondary N) is 1. The van der Waals surface area contributed by atoms with Gasteiger partial charge < -0.3 is 9.73 Å². The predicted octanol–water partition coefficient (Wildman–Crippen LogP) is 4.61. The zero-order chi connectivity index (χ0) is 13.2. The van der Waals surface area contributed by atoms with Crippen LogP contribution in [0, 0.1) is 5.41 Å². The zero-order valence-electron chi connectivity index (χ0n) is 11.2. The SMILES string of the molecule is CC(C)(C)CCNCc1c(Cl)oc2ccccc12. The summed E-state index contributed by atoms with van der Waals surface area (Å²) in [6, 6.07) is 7.96. The molecule has 0 aliphatic heterocycles. The van der Waals surface area contributed by atoms with Crippen LogP contribution in [0.25, 0.3) is 11.0 Å². The summed E-state index contributed by atoms with van der Waals surface area (Å²) in [7, 11) is 0. The maximum atomic E-state index is 6.13. The van der Waals surface area contributed by atoms with E-state index in [0.717, 1.165) is 36.0 Å². The van der Waals surface area contributed by atoms with Gasteiger partial charge in [-0.2, -0.15) is 0 Å². The second-order valence-electron chi connectivity index (χ2n) is 5.84. The Morgan fingerprint density at radius 2 is 1.94 bits per heavy atom. The minimum absolute atomic E-state index is 0.356. The van der Waals surface area contributed by atoms with Crippen molar-refractivity contribution in [3.05, 3.63) is 35.0 Å². The van der Waals surface area contributed by atoms with E-state index < -0.39 is 0 Å². The predicted molar refractivity (Wildman–Crippen MR) is 77.0 cm³/mol. The van der Waals surface area contributed by atoms with Gasteiger partial charge in [0.2, 0.25) is 0 Å². The first-order valence-electron chi connectivity index (χ1n) is 6.34. The van der Waals surface area contributed by atoms with E-state index in [0.29, 0.717) is 10.6 Å². The van der Waals surface area contributed by atoms with Gasteiger partial charge in [0.1, 0.15) is 5.58 Å². The second kappa shape index (κ2) is 5.33. The number of fused-ring (bicyclic) bond motifs is 1. The van der Waals surface area contributed by atoms with Gasteiger partial charge in [0.05, 0.1) is 0 Å². The van der Waals surface area contributed by atoms with Crippen LogP contribution in [-0.4, -0.2) is 6.54 Å². The molecule has 2 rings (SSSR count). The Balaban J connectivity index is 2.01. The molecular weight excluding hydrogens is 246 g/mol. The number of halogens is 1. The molecule has 0 radical (unpaired) electrons. The van der Waals surface area contributed by atoms with Gasteiger partial charge >= 0.3 is 0 Å². The van der Waals surface area contributed by atoms with E-state index in [2.05, 4.69) is 26.1 Å². The molecule has 0 bridgehead atoms. The van der Waals surface area contributed by atoms with Crippen molar-refractivity contribution in [2.75, 3.05) is 6.54 Å². The van der Waals surface area contributed by atoms with Gasteiger partial charge in [-0.05, 0) is 36.0 Å². The van der Waals surface area contributed by atoms with Crippen LogP contribution >= 0.6 is 11.6 Å². The van der Waals surface area contributed by atoms with Gasteiger partial charge in [0.15, 0.2) is 5.22 Å². The third-order valence-corrected chi connectivity index (χ3v) is 3.31. The van der Waals surface area contributed by atoms with Crippen LogP contribution in [-0.2, 0) is 6.54 Å². The highest BCUT2D eigenvalue weighted by Gasteiger charge is 2.12. The highest BCUT2D eigenvalue weighted by atomic mass is 35.5.